The predicted octanol–water partition coefficient (Wildman–Crippen LogP) is 3.50. The number of carbonyl (C=O) groups is 1. The van der Waals surface area contributed by atoms with E-state index in [-0.39, 0.29) is 11.3 Å². The number of aryl methyl sites for hydroxylation is 1. The van der Waals surface area contributed by atoms with Gasteiger partial charge in [-0.25, -0.2) is 4.79 Å². The van der Waals surface area contributed by atoms with Gasteiger partial charge in [-0.3, -0.25) is 4.98 Å². The number of benzene rings is 2. The maximum absolute atomic E-state index is 11.5. The highest BCUT2D eigenvalue weighted by Crippen LogP contribution is 2.35. The van der Waals surface area contributed by atoms with Crippen LogP contribution in [-0.2, 0) is 0 Å². The smallest absolute Gasteiger partial charge is 0.339 e. The van der Waals surface area contributed by atoms with Gasteiger partial charge in [-0.15, -0.1) is 0 Å². The molecule has 0 aliphatic rings. The highest BCUT2D eigenvalue weighted by molar-refractivity contribution is 6.10. The largest absolute Gasteiger partial charge is 0.497 e. The van der Waals surface area contributed by atoms with Gasteiger partial charge in [0.1, 0.15) is 11.3 Å². The summed E-state index contributed by atoms with van der Waals surface area (Å²) in [6.07, 6.45) is 0. The van der Waals surface area contributed by atoms with Gasteiger partial charge in [0.2, 0.25) is 0 Å². The van der Waals surface area contributed by atoms with Crippen LogP contribution < -0.4 is 10.5 Å². The van der Waals surface area contributed by atoms with Crippen LogP contribution in [0.15, 0.2) is 42.5 Å². The Kier molecular flexibility index (Phi) is 3.62. The number of aromatic carboxylic acids is 1. The van der Waals surface area contributed by atoms with E-state index in [0.29, 0.717) is 16.6 Å². The van der Waals surface area contributed by atoms with Crippen molar-refractivity contribution in [3.05, 3.63) is 53.7 Å². The van der Waals surface area contributed by atoms with E-state index >= 15 is 0 Å². The van der Waals surface area contributed by atoms with Crippen molar-refractivity contribution in [3.8, 4) is 16.9 Å². The van der Waals surface area contributed by atoms with Crippen molar-refractivity contribution in [1.82, 2.24) is 4.98 Å². The summed E-state index contributed by atoms with van der Waals surface area (Å²) in [5.74, 6) is -0.355. The first-order valence-corrected chi connectivity index (χ1v) is 7.09. The van der Waals surface area contributed by atoms with Crippen LogP contribution >= 0.6 is 0 Å². The molecule has 3 N–H and O–H groups in total. The Morgan fingerprint density at radius 2 is 1.96 bits per heavy atom. The molecule has 23 heavy (non-hydrogen) atoms. The number of methoxy groups -OCH3 is 1. The molecule has 0 aliphatic heterocycles. The third kappa shape index (κ3) is 2.46. The predicted molar refractivity (Wildman–Crippen MR) is 89.8 cm³/mol. The van der Waals surface area contributed by atoms with Gasteiger partial charge in [0.15, 0.2) is 0 Å². The number of aromatic nitrogens is 1. The number of nitrogen functional groups attached to an aromatic ring is 1. The Hall–Kier alpha value is -3.08. The standard InChI is InChI=1S/C18H16N2O3/c1-10-15(18(21)22)17(19)16-13(7-4-8-14(16)20-10)11-5-3-6-12(9-11)23-2/h3-9H,1-2H3,(H2,19,20)(H,21,22). The lowest BCUT2D eigenvalue weighted by Gasteiger charge is -2.13. The summed E-state index contributed by atoms with van der Waals surface area (Å²) in [5, 5.41) is 10.1. The molecule has 5 nitrogen and oxygen atoms in total. The van der Waals surface area contributed by atoms with Gasteiger partial charge < -0.3 is 15.6 Å². The van der Waals surface area contributed by atoms with Crippen molar-refractivity contribution in [3.63, 3.8) is 0 Å². The van der Waals surface area contributed by atoms with Gasteiger partial charge in [0, 0.05) is 5.39 Å². The van der Waals surface area contributed by atoms with E-state index in [0.717, 1.165) is 16.9 Å². The van der Waals surface area contributed by atoms with E-state index in [4.69, 9.17) is 10.5 Å². The number of pyridine rings is 1. The first kappa shape index (κ1) is 14.8. The molecule has 5 heteroatoms. The van der Waals surface area contributed by atoms with Crippen LogP contribution in [-0.4, -0.2) is 23.2 Å². The Morgan fingerprint density at radius 3 is 2.65 bits per heavy atom. The fourth-order valence-corrected chi connectivity index (χ4v) is 2.77. The number of ether oxygens (including phenoxy) is 1. The fourth-order valence-electron chi connectivity index (χ4n) is 2.77. The molecule has 0 fully saturated rings. The molecule has 0 spiro atoms. The number of hydrogen-bond acceptors (Lipinski definition) is 4. The van der Waals surface area contributed by atoms with Crippen LogP contribution in [0.3, 0.4) is 0 Å². The fraction of sp³-hybridized carbons (Fsp3) is 0.111. The van der Waals surface area contributed by atoms with Gasteiger partial charge in [-0.2, -0.15) is 0 Å². The Bertz CT molecular complexity index is 920. The number of nitrogens with zero attached hydrogens (tertiary/aromatic N) is 1. The minimum atomic E-state index is -1.07. The van der Waals surface area contributed by atoms with Gasteiger partial charge >= 0.3 is 5.97 Å². The second kappa shape index (κ2) is 5.61. The first-order chi connectivity index (χ1) is 11.0. The van der Waals surface area contributed by atoms with Gasteiger partial charge in [0.05, 0.1) is 24.0 Å². The average molecular weight is 308 g/mol. The van der Waals surface area contributed by atoms with E-state index < -0.39 is 5.97 Å². The van der Waals surface area contributed by atoms with Crippen LogP contribution in [0, 0.1) is 6.92 Å². The molecule has 1 aromatic heterocycles. The quantitative estimate of drug-likeness (QED) is 0.773. The lowest BCUT2D eigenvalue weighted by molar-refractivity contribution is 0.0697. The molecule has 0 saturated carbocycles. The van der Waals surface area contributed by atoms with E-state index in [1.807, 2.05) is 42.5 Å². The maximum Gasteiger partial charge on any atom is 0.339 e. The zero-order valence-electron chi connectivity index (χ0n) is 12.8. The van der Waals surface area contributed by atoms with Crippen LogP contribution in [0.25, 0.3) is 22.0 Å². The molecular formula is C18H16N2O3. The molecule has 1 heterocycles. The average Bonchev–Trinajstić information content (AvgIpc) is 2.53. The number of fused-ring (bicyclic) bond motifs is 1. The van der Waals surface area contributed by atoms with E-state index in [1.54, 1.807) is 14.0 Å². The number of rotatable bonds is 3. The van der Waals surface area contributed by atoms with Crippen molar-refractivity contribution in [2.45, 2.75) is 6.92 Å². The van der Waals surface area contributed by atoms with Crippen LogP contribution in [0.1, 0.15) is 16.1 Å². The third-order valence-electron chi connectivity index (χ3n) is 3.83. The molecule has 2 aromatic carbocycles. The molecule has 0 saturated heterocycles. The van der Waals surface area contributed by atoms with Crippen molar-refractivity contribution in [2.75, 3.05) is 12.8 Å². The monoisotopic (exact) mass is 308 g/mol. The maximum atomic E-state index is 11.5. The lowest BCUT2D eigenvalue weighted by Crippen LogP contribution is -2.08. The molecule has 0 atom stereocenters. The summed E-state index contributed by atoms with van der Waals surface area (Å²) >= 11 is 0. The Balaban J connectivity index is 2.37. The number of anilines is 1. The summed E-state index contributed by atoms with van der Waals surface area (Å²) in [4.78, 5) is 15.9. The lowest BCUT2D eigenvalue weighted by atomic mass is 9.97. The zero-order valence-corrected chi connectivity index (χ0v) is 12.8. The van der Waals surface area contributed by atoms with Gasteiger partial charge in [-0.1, -0.05) is 24.3 Å². The number of carboxylic acids is 1. The molecule has 116 valence electrons. The molecule has 3 rings (SSSR count). The van der Waals surface area contributed by atoms with Gasteiger partial charge in [0.25, 0.3) is 0 Å². The Morgan fingerprint density at radius 1 is 1.22 bits per heavy atom. The zero-order chi connectivity index (χ0) is 16.6. The SMILES string of the molecule is COc1cccc(-c2cccc3nc(C)c(C(=O)O)c(N)c23)c1. The summed E-state index contributed by atoms with van der Waals surface area (Å²) in [5.41, 5.74) is 9.26. The molecular weight excluding hydrogens is 292 g/mol. The Labute approximate surface area is 133 Å². The minimum Gasteiger partial charge on any atom is -0.497 e. The van der Waals surface area contributed by atoms with Crippen molar-refractivity contribution >= 4 is 22.6 Å². The molecule has 3 aromatic rings. The summed E-state index contributed by atoms with van der Waals surface area (Å²) in [7, 11) is 1.60. The first-order valence-electron chi connectivity index (χ1n) is 7.09. The molecule has 0 bridgehead atoms. The second-order valence-corrected chi connectivity index (χ2v) is 5.22. The van der Waals surface area contributed by atoms with E-state index in [1.165, 1.54) is 0 Å². The normalized spacial score (nSPS) is 10.7. The third-order valence-corrected chi connectivity index (χ3v) is 3.83. The van der Waals surface area contributed by atoms with Crippen molar-refractivity contribution < 1.29 is 14.6 Å². The highest BCUT2D eigenvalue weighted by Gasteiger charge is 2.18. The number of nitrogens with two attached hydrogens (primary N) is 1. The molecule has 0 amide bonds. The topological polar surface area (TPSA) is 85.4 Å². The highest BCUT2D eigenvalue weighted by atomic mass is 16.5. The van der Waals surface area contributed by atoms with Crippen LogP contribution in [0.5, 0.6) is 5.75 Å². The summed E-state index contributed by atoms with van der Waals surface area (Å²) in [6.45, 7) is 1.65. The van der Waals surface area contributed by atoms with Gasteiger partial charge in [-0.05, 0) is 36.2 Å². The molecule has 0 aliphatic carbocycles. The van der Waals surface area contributed by atoms with E-state index in [2.05, 4.69) is 4.98 Å². The second-order valence-electron chi connectivity index (χ2n) is 5.22. The van der Waals surface area contributed by atoms with Crippen LogP contribution in [0.2, 0.25) is 0 Å². The molecule has 0 unspecified atom stereocenters. The van der Waals surface area contributed by atoms with E-state index in [9.17, 15) is 9.90 Å². The summed E-state index contributed by atoms with van der Waals surface area (Å²) < 4.78 is 5.26. The number of carboxylic acid groups (broad SMARTS) is 1. The van der Waals surface area contributed by atoms with Crippen molar-refractivity contribution in [1.29, 1.82) is 0 Å². The minimum absolute atomic E-state index is 0.0489. The van der Waals surface area contributed by atoms with Crippen molar-refractivity contribution in [2.24, 2.45) is 0 Å². The van der Waals surface area contributed by atoms with Crippen LogP contribution in [0.4, 0.5) is 5.69 Å². The summed E-state index contributed by atoms with van der Waals surface area (Å²) in [6, 6.07) is 13.1. The number of hydrogen-bond donors (Lipinski definition) is 2. The molecule has 0 radical (unpaired) electrons.